The number of esters is 1. The second-order valence-corrected chi connectivity index (χ2v) is 5.19. The van der Waals surface area contributed by atoms with Gasteiger partial charge in [-0.1, -0.05) is 5.92 Å². The molecule has 116 valence electrons. The average Bonchev–Trinajstić information content (AvgIpc) is 3.01. The third-order valence-corrected chi connectivity index (χ3v) is 3.70. The zero-order chi connectivity index (χ0) is 15.9. The fourth-order valence-corrected chi connectivity index (χ4v) is 2.55. The molecule has 0 radical (unpaired) electrons. The normalized spacial score (nSPS) is 20.0. The number of carbonyl (C=O) groups is 2. The van der Waals surface area contributed by atoms with Crippen molar-refractivity contribution in [2.75, 3.05) is 19.0 Å². The summed E-state index contributed by atoms with van der Waals surface area (Å²) in [6.45, 7) is 0.190. The van der Waals surface area contributed by atoms with Crippen LogP contribution in [0.15, 0.2) is 18.3 Å². The molecule has 2 N–H and O–H groups in total. The van der Waals surface area contributed by atoms with Crippen molar-refractivity contribution in [3.05, 3.63) is 23.9 Å². The number of nitrogens with zero attached hydrogens (tertiary/aromatic N) is 1. The lowest BCUT2D eigenvalue weighted by Gasteiger charge is -2.13. The molecule has 1 heterocycles. The third kappa shape index (κ3) is 3.98. The number of carbonyl (C=O) groups excluding carboxylic acids is 2. The van der Waals surface area contributed by atoms with E-state index in [1.54, 1.807) is 12.1 Å². The van der Waals surface area contributed by atoms with Crippen LogP contribution < -0.4 is 10.6 Å². The molecule has 1 aliphatic carbocycles. The molecule has 1 aliphatic rings. The van der Waals surface area contributed by atoms with Gasteiger partial charge in [-0.05, 0) is 31.4 Å². The highest BCUT2D eigenvalue weighted by molar-refractivity contribution is 5.94. The van der Waals surface area contributed by atoms with E-state index >= 15 is 0 Å². The Balaban J connectivity index is 1.88. The van der Waals surface area contributed by atoms with Gasteiger partial charge in [-0.3, -0.25) is 9.59 Å². The second kappa shape index (κ2) is 7.46. The summed E-state index contributed by atoms with van der Waals surface area (Å²) in [7, 11) is 1.41. The number of ether oxygens (including phenoxy) is 1. The van der Waals surface area contributed by atoms with Crippen LogP contribution in [0.25, 0.3) is 0 Å². The highest BCUT2D eigenvalue weighted by Gasteiger charge is 2.30. The number of nitrogens with one attached hydrogen (secondary N) is 2. The van der Waals surface area contributed by atoms with Crippen molar-refractivity contribution in [2.45, 2.75) is 25.3 Å². The molecule has 0 spiro atoms. The van der Waals surface area contributed by atoms with Gasteiger partial charge in [0.1, 0.15) is 5.82 Å². The van der Waals surface area contributed by atoms with Crippen LogP contribution in [0.5, 0.6) is 0 Å². The van der Waals surface area contributed by atoms with Crippen molar-refractivity contribution in [3.8, 4) is 12.3 Å². The minimum absolute atomic E-state index is 0.0451. The lowest BCUT2D eigenvalue weighted by atomic mass is 10.1. The Morgan fingerprint density at radius 1 is 1.45 bits per heavy atom. The highest BCUT2D eigenvalue weighted by Crippen LogP contribution is 2.28. The number of aromatic nitrogens is 1. The van der Waals surface area contributed by atoms with E-state index in [4.69, 9.17) is 11.2 Å². The van der Waals surface area contributed by atoms with E-state index in [9.17, 15) is 9.59 Å². The van der Waals surface area contributed by atoms with E-state index < -0.39 is 0 Å². The Morgan fingerprint density at radius 2 is 2.27 bits per heavy atom. The van der Waals surface area contributed by atoms with Crippen LogP contribution >= 0.6 is 0 Å². The fraction of sp³-hybridized carbons (Fsp3) is 0.438. The van der Waals surface area contributed by atoms with E-state index in [2.05, 4.69) is 21.5 Å². The molecule has 22 heavy (non-hydrogen) atoms. The van der Waals surface area contributed by atoms with E-state index in [0.717, 1.165) is 19.3 Å². The first-order valence-corrected chi connectivity index (χ1v) is 7.16. The molecule has 1 aromatic heterocycles. The van der Waals surface area contributed by atoms with E-state index in [0.29, 0.717) is 11.4 Å². The number of anilines is 1. The molecule has 2 rings (SSSR count). The molecule has 1 aromatic rings. The molecule has 0 aliphatic heterocycles. The molecule has 1 amide bonds. The molecule has 0 aromatic carbocycles. The molecule has 1 saturated carbocycles. The highest BCUT2D eigenvalue weighted by atomic mass is 16.5. The molecule has 6 heteroatoms. The van der Waals surface area contributed by atoms with Crippen molar-refractivity contribution in [2.24, 2.45) is 5.92 Å². The van der Waals surface area contributed by atoms with Gasteiger partial charge in [-0.15, -0.1) is 6.42 Å². The average molecular weight is 301 g/mol. The predicted molar refractivity (Wildman–Crippen MR) is 82.2 cm³/mol. The van der Waals surface area contributed by atoms with Crippen LogP contribution in [0.3, 0.4) is 0 Å². The van der Waals surface area contributed by atoms with Crippen molar-refractivity contribution < 1.29 is 14.3 Å². The number of rotatable bonds is 5. The maximum absolute atomic E-state index is 11.7. The van der Waals surface area contributed by atoms with Crippen LogP contribution in [0, 0.1) is 18.3 Å². The number of terminal acetylenes is 1. The lowest BCUT2D eigenvalue weighted by molar-refractivity contribution is -0.145. The minimum Gasteiger partial charge on any atom is -0.469 e. The van der Waals surface area contributed by atoms with Crippen LogP contribution in [-0.2, 0) is 9.53 Å². The summed E-state index contributed by atoms with van der Waals surface area (Å²) in [6, 6.07) is 3.63. The summed E-state index contributed by atoms with van der Waals surface area (Å²) in [6.07, 6.45) is 9.04. The largest absolute Gasteiger partial charge is 0.469 e. The van der Waals surface area contributed by atoms with Crippen LogP contribution in [0.2, 0.25) is 0 Å². The van der Waals surface area contributed by atoms with Gasteiger partial charge in [0, 0.05) is 12.2 Å². The van der Waals surface area contributed by atoms with Gasteiger partial charge >= 0.3 is 5.97 Å². The fourth-order valence-electron chi connectivity index (χ4n) is 2.55. The number of hydrogen-bond donors (Lipinski definition) is 2. The van der Waals surface area contributed by atoms with Crippen molar-refractivity contribution in [1.29, 1.82) is 0 Å². The van der Waals surface area contributed by atoms with Gasteiger partial charge in [-0.2, -0.15) is 0 Å². The molecule has 0 bridgehead atoms. The molecule has 0 saturated heterocycles. The first kappa shape index (κ1) is 15.8. The molecular weight excluding hydrogens is 282 g/mol. The lowest BCUT2D eigenvalue weighted by Crippen LogP contribution is -2.24. The van der Waals surface area contributed by atoms with E-state index in [-0.39, 0.29) is 30.4 Å². The smallest absolute Gasteiger partial charge is 0.308 e. The first-order valence-electron chi connectivity index (χ1n) is 7.16. The van der Waals surface area contributed by atoms with Crippen LogP contribution in [0.1, 0.15) is 29.6 Å². The molecular formula is C16H19N3O3. The molecule has 1 fully saturated rings. The zero-order valence-electron chi connectivity index (χ0n) is 12.5. The summed E-state index contributed by atoms with van der Waals surface area (Å²) in [5.41, 5.74) is 0.458. The van der Waals surface area contributed by atoms with Crippen LogP contribution in [-0.4, -0.2) is 36.6 Å². The number of hydrogen-bond acceptors (Lipinski definition) is 5. The monoisotopic (exact) mass is 301 g/mol. The Bertz CT molecular complexity index is 577. The third-order valence-electron chi connectivity index (χ3n) is 3.70. The van der Waals surface area contributed by atoms with E-state index in [1.807, 2.05) is 0 Å². The summed E-state index contributed by atoms with van der Waals surface area (Å²) < 4.78 is 4.77. The van der Waals surface area contributed by atoms with Crippen molar-refractivity contribution in [3.63, 3.8) is 0 Å². The Morgan fingerprint density at radius 3 is 2.91 bits per heavy atom. The van der Waals surface area contributed by atoms with Crippen molar-refractivity contribution in [1.82, 2.24) is 10.3 Å². The maximum atomic E-state index is 11.7. The van der Waals surface area contributed by atoms with Gasteiger partial charge < -0.3 is 15.4 Å². The number of amides is 1. The quantitative estimate of drug-likeness (QED) is 0.631. The van der Waals surface area contributed by atoms with Crippen LogP contribution in [0.4, 0.5) is 5.82 Å². The minimum atomic E-state index is -0.247. The maximum Gasteiger partial charge on any atom is 0.308 e. The topological polar surface area (TPSA) is 80.3 Å². The second-order valence-electron chi connectivity index (χ2n) is 5.19. The number of methoxy groups -OCH3 is 1. The predicted octanol–water partition coefficient (Wildman–Crippen LogP) is 1.20. The van der Waals surface area contributed by atoms with Gasteiger partial charge in [0.2, 0.25) is 0 Å². The summed E-state index contributed by atoms with van der Waals surface area (Å²) >= 11 is 0. The SMILES string of the molecule is C#CCNC(=O)c1ccc(N[C@@H]2CC[C@H](C(=O)OC)C2)nc1. The van der Waals surface area contributed by atoms with Gasteiger partial charge in [0.15, 0.2) is 0 Å². The summed E-state index contributed by atoms with van der Waals surface area (Å²) in [5.74, 6) is 2.58. The zero-order valence-corrected chi connectivity index (χ0v) is 12.5. The standard InChI is InChI=1S/C16H19N3O3/c1-3-8-17-15(20)12-5-7-14(18-10-12)19-13-6-4-11(9-13)16(21)22-2/h1,5,7,10-11,13H,4,6,8-9H2,2H3,(H,17,20)(H,18,19)/t11-,13+/m0/s1. The Kier molecular flexibility index (Phi) is 5.37. The van der Waals surface area contributed by atoms with Gasteiger partial charge in [0.25, 0.3) is 5.91 Å². The molecule has 6 nitrogen and oxygen atoms in total. The van der Waals surface area contributed by atoms with Gasteiger partial charge in [-0.25, -0.2) is 4.98 Å². The van der Waals surface area contributed by atoms with Gasteiger partial charge in [0.05, 0.1) is 25.1 Å². The Labute approximate surface area is 129 Å². The number of pyridine rings is 1. The summed E-state index contributed by atoms with van der Waals surface area (Å²) in [5, 5.41) is 5.86. The van der Waals surface area contributed by atoms with E-state index in [1.165, 1.54) is 13.3 Å². The molecule has 0 unspecified atom stereocenters. The molecule has 2 atom stereocenters. The Hall–Kier alpha value is -2.55. The first-order chi connectivity index (χ1) is 10.6. The summed E-state index contributed by atoms with van der Waals surface area (Å²) in [4.78, 5) is 27.4. The van der Waals surface area contributed by atoms with Crippen molar-refractivity contribution >= 4 is 17.7 Å².